The Kier molecular flexibility index (Phi) is 2.64. The molecule has 1 aliphatic heterocycles. The number of aliphatic imine (C=N–C) groups is 1. The van der Waals surface area contributed by atoms with Crippen molar-refractivity contribution in [2.45, 2.75) is 18.9 Å². The molecule has 0 fully saturated rings. The first-order chi connectivity index (χ1) is 8.19. The van der Waals surface area contributed by atoms with E-state index >= 15 is 0 Å². The summed E-state index contributed by atoms with van der Waals surface area (Å²) in [5, 5.41) is 4.27. The molecule has 0 amide bonds. The van der Waals surface area contributed by atoms with Crippen molar-refractivity contribution in [3.63, 3.8) is 0 Å². The highest BCUT2D eigenvalue weighted by atomic mass is 32.2. The zero-order valence-electron chi connectivity index (χ0n) is 9.64. The monoisotopic (exact) mass is 262 g/mol. The summed E-state index contributed by atoms with van der Waals surface area (Å²) < 4.78 is 1.33. The Morgan fingerprint density at radius 1 is 1.35 bits per heavy atom. The van der Waals surface area contributed by atoms with E-state index < -0.39 is 0 Å². The first-order valence-electron chi connectivity index (χ1n) is 5.64. The van der Waals surface area contributed by atoms with Crippen LogP contribution in [0.3, 0.4) is 0 Å². The quantitative estimate of drug-likeness (QED) is 0.853. The fourth-order valence-corrected chi connectivity index (χ4v) is 4.34. The number of thioether (sulfide) groups is 1. The maximum Gasteiger partial charge on any atom is 0.154 e. The molecule has 0 spiro atoms. The van der Waals surface area contributed by atoms with Crippen LogP contribution in [0.25, 0.3) is 10.1 Å². The van der Waals surface area contributed by atoms with Gasteiger partial charge in [0.05, 0.1) is 5.54 Å². The van der Waals surface area contributed by atoms with Crippen LogP contribution in [0.1, 0.15) is 18.9 Å². The largest absolute Gasteiger partial charge is 0.379 e. The van der Waals surface area contributed by atoms with Crippen LogP contribution in [0, 0.1) is 0 Å². The van der Waals surface area contributed by atoms with E-state index in [1.54, 1.807) is 23.1 Å². The van der Waals surface area contributed by atoms with Crippen molar-refractivity contribution in [1.29, 1.82) is 0 Å². The average molecular weight is 262 g/mol. The number of hydrogen-bond acceptors (Lipinski definition) is 4. The molecule has 1 atom stereocenters. The molecule has 0 aliphatic carbocycles. The van der Waals surface area contributed by atoms with E-state index in [0.717, 1.165) is 12.2 Å². The smallest absolute Gasteiger partial charge is 0.154 e. The Balaban J connectivity index is 2.18. The minimum atomic E-state index is -0.144. The maximum atomic E-state index is 5.88. The Bertz CT molecular complexity index is 588. The van der Waals surface area contributed by atoms with Gasteiger partial charge in [-0.1, -0.05) is 30.0 Å². The first kappa shape index (κ1) is 11.1. The van der Waals surface area contributed by atoms with E-state index in [9.17, 15) is 0 Å². The molecule has 88 valence electrons. The van der Waals surface area contributed by atoms with Gasteiger partial charge in [-0.25, -0.2) is 0 Å². The number of fused-ring (bicyclic) bond motifs is 1. The summed E-state index contributed by atoms with van der Waals surface area (Å²) in [6.45, 7) is 2.19. The average Bonchev–Trinajstić information content (AvgIpc) is 2.72. The lowest BCUT2D eigenvalue weighted by atomic mass is 9.89. The molecule has 0 saturated carbocycles. The number of amidine groups is 1. The van der Waals surface area contributed by atoms with Crippen molar-refractivity contribution in [2.75, 3.05) is 5.75 Å². The van der Waals surface area contributed by atoms with Gasteiger partial charge in [0.25, 0.3) is 0 Å². The van der Waals surface area contributed by atoms with Crippen molar-refractivity contribution >= 4 is 38.4 Å². The highest BCUT2D eigenvalue weighted by molar-refractivity contribution is 8.13. The molecule has 3 rings (SSSR count). The van der Waals surface area contributed by atoms with E-state index in [1.165, 1.54) is 15.6 Å². The number of thiophene rings is 1. The molecule has 1 aromatic heterocycles. The van der Waals surface area contributed by atoms with E-state index in [1.807, 2.05) is 0 Å². The van der Waals surface area contributed by atoms with Crippen molar-refractivity contribution in [3.05, 3.63) is 35.2 Å². The Morgan fingerprint density at radius 3 is 3.00 bits per heavy atom. The lowest BCUT2D eigenvalue weighted by Crippen LogP contribution is -2.28. The Hall–Kier alpha value is -1.00. The molecule has 4 heteroatoms. The summed E-state index contributed by atoms with van der Waals surface area (Å²) in [4.78, 5) is 4.67. The SMILES string of the molecule is C[C@]1(c2csc3ccccc23)CCSC(N)=N1. The van der Waals surface area contributed by atoms with E-state index in [4.69, 9.17) is 5.73 Å². The molecule has 2 aromatic rings. The zero-order chi connectivity index (χ0) is 11.9. The zero-order valence-corrected chi connectivity index (χ0v) is 11.3. The molecule has 2 N–H and O–H groups in total. The topological polar surface area (TPSA) is 38.4 Å². The van der Waals surface area contributed by atoms with Crippen molar-refractivity contribution in [1.82, 2.24) is 0 Å². The lowest BCUT2D eigenvalue weighted by Gasteiger charge is -2.29. The van der Waals surface area contributed by atoms with Gasteiger partial charge in [-0.15, -0.1) is 11.3 Å². The second kappa shape index (κ2) is 4.03. The van der Waals surface area contributed by atoms with Crippen LogP contribution < -0.4 is 5.73 Å². The van der Waals surface area contributed by atoms with Gasteiger partial charge in [0.2, 0.25) is 0 Å². The van der Waals surface area contributed by atoms with Gasteiger partial charge in [0, 0.05) is 10.5 Å². The predicted octanol–water partition coefficient (Wildman–Crippen LogP) is 3.57. The summed E-state index contributed by atoms with van der Waals surface area (Å²) in [6, 6.07) is 8.52. The standard InChI is InChI=1S/C13H14N2S2/c1-13(6-7-16-12(14)15-13)10-8-17-11-5-3-2-4-9(10)11/h2-5,8H,6-7H2,1H3,(H2,14,15)/t13-/m1/s1. The third-order valence-corrected chi connectivity index (χ3v) is 5.02. The highest BCUT2D eigenvalue weighted by Gasteiger charge is 2.31. The minimum Gasteiger partial charge on any atom is -0.379 e. The molecular weight excluding hydrogens is 248 g/mol. The van der Waals surface area contributed by atoms with Gasteiger partial charge in [-0.3, -0.25) is 4.99 Å². The normalized spacial score (nSPS) is 24.9. The van der Waals surface area contributed by atoms with Gasteiger partial charge in [0.1, 0.15) is 0 Å². The molecule has 0 radical (unpaired) electrons. The molecule has 17 heavy (non-hydrogen) atoms. The molecule has 2 nitrogen and oxygen atoms in total. The molecule has 0 saturated heterocycles. The van der Waals surface area contributed by atoms with Crippen LogP contribution in [0.4, 0.5) is 0 Å². The minimum absolute atomic E-state index is 0.144. The van der Waals surface area contributed by atoms with Crippen LogP contribution >= 0.6 is 23.1 Å². The van der Waals surface area contributed by atoms with Gasteiger partial charge >= 0.3 is 0 Å². The van der Waals surface area contributed by atoms with E-state index in [-0.39, 0.29) is 5.54 Å². The van der Waals surface area contributed by atoms with Gasteiger partial charge in [-0.05, 0) is 35.7 Å². The molecule has 1 aromatic carbocycles. The fourth-order valence-electron chi connectivity index (χ4n) is 2.28. The van der Waals surface area contributed by atoms with Gasteiger partial charge in [-0.2, -0.15) is 0 Å². The van der Waals surface area contributed by atoms with Crippen molar-refractivity contribution in [2.24, 2.45) is 10.7 Å². The van der Waals surface area contributed by atoms with Crippen LogP contribution in [0.5, 0.6) is 0 Å². The molecule has 0 unspecified atom stereocenters. The number of benzene rings is 1. The summed E-state index contributed by atoms with van der Waals surface area (Å²) >= 11 is 3.44. The van der Waals surface area contributed by atoms with Crippen molar-refractivity contribution < 1.29 is 0 Å². The Labute approximate surface area is 109 Å². The summed E-state index contributed by atoms with van der Waals surface area (Å²) in [7, 11) is 0. The predicted molar refractivity (Wildman–Crippen MR) is 77.9 cm³/mol. The van der Waals surface area contributed by atoms with Gasteiger partial charge < -0.3 is 5.73 Å². The van der Waals surface area contributed by atoms with E-state index in [2.05, 4.69) is 41.6 Å². The van der Waals surface area contributed by atoms with Crippen molar-refractivity contribution in [3.8, 4) is 0 Å². The molecule has 1 aliphatic rings. The lowest BCUT2D eigenvalue weighted by molar-refractivity contribution is 0.487. The van der Waals surface area contributed by atoms with Crippen LogP contribution in [-0.4, -0.2) is 10.9 Å². The van der Waals surface area contributed by atoms with Crippen LogP contribution in [-0.2, 0) is 5.54 Å². The molecular formula is C13H14N2S2. The second-order valence-corrected chi connectivity index (χ2v) is 6.49. The van der Waals surface area contributed by atoms with E-state index in [0.29, 0.717) is 5.17 Å². The van der Waals surface area contributed by atoms with Crippen LogP contribution in [0.15, 0.2) is 34.6 Å². The third kappa shape index (κ3) is 1.85. The molecule has 2 heterocycles. The van der Waals surface area contributed by atoms with Gasteiger partial charge in [0.15, 0.2) is 5.17 Å². The summed E-state index contributed by atoms with van der Waals surface area (Å²) in [5.74, 6) is 1.05. The molecule has 0 bridgehead atoms. The fraction of sp³-hybridized carbons (Fsp3) is 0.308. The third-order valence-electron chi connectivity index (χ3n) is 3.26. The summed E-state index contributed by atoms with van der Waals surface area (Å²) in [6.07, 6.45) is 1.05. The highest BCUT2D eigenvalue weighted by Crippen LogP contribution is 2.40. The first-order valence-corrected chi connectivity index (χ1v) is 7.50. The maximum absolute atomic E-state index is 5.88. The van der Waals surface area contributed by atoms with Crippen LogP contribution in [0.2, 0.25) is 0 Å². The second-order valence-electron chi connectivity index (χ2n) is 4.47. The number of rotatable bonds is 1. The summed E-state index contributed by atoms with van der Waals surface area (Å²) in [5.41, 5.74) is 7.05. The Morgan fingerprint density at radius 2 is 2.18 bits per heavy atom. The number of nitrogens with two attached hydrogens (primary N) is 1. The number of nitrogens with zero attached hydrogens (tertiary/aromatic N) is 1. The number of hydrogen-bond donors (Lipinski definition) is 1.